The lowest BCUT2D eigenvalue weighted by Crippen LogP contribution is -2.32. The molecule has 3 rings (SSSR count). The Morgan fingerprint density at radius 1 is 0.947 bits per heavy atom. The van der Waals surface area contributed by atoms with E-state index < -0.39 is 5.91 Å². The number of hydrazone groups is 1. The Labute approximate surface area is 230 Å². The fourth-order valence-corrected chi connectivity index (χ4v) is 4.21. The average molecular weight is 534 g/mol. The largest absolute Gasteiger partial charge is 0.321 e. The van der Waals surface area contributed by atoms with Crippen LogP contribution in [-0.2, 0) is 6.54 Å². The molecule has 200 valence electrons. The quantitative estimate of drug-likeness (QED) is 0.240. The maximum atomic E-state index is 13.1. The van der Waals surface area contributed by atoms with E-state index in [0.717, 1.165) is 49.4 Å². The van der Waals surface area contributed by atoms with Crippen LogP contribution in [0.15, 0.2) is 71.8 Å². The topological polar surface area (TPSA) is 77.0 Å². The van der Waals surface area contributed by atoms with E-state index in [1.165, 1.54) is 6.07 Å². The van der Waals surface area contributed by atoms with Gasteiger partial charge in [-0.3, -0.25) is 9.59 Å². The Kier molecular flexibility index (Phi) is 11.0. The molecular weight excluding hydrogens is 498 g/mol. The zero-order chi connectivity index (χ0) is 27.5. The molecule has 7 nitrogen and oxygen atoms in total. The predicted octanol–water partition coefficient (Wildman–Crippen LogP) is 5.44. The summed E-state index contributed by atoms with van der Waals surface area (Å²) in [6.45, 7) is 11.1. The van der Waals surface area contributed by atoms with Crippen molar-refractivity contribution in [3.63, 3.8) is 0 Å². The normalized spacial score (nSPS) is 11.3. The van der Waals surface area contributed by atoms with Crippen molar-refractivity contribution in [3.8, 4) is 0 Å². The Hall–Kier alpha value is -3.52. The molecule has 38 heavy (non-hydrogen) atoms. The van der Waals surface area contributed by atoms with Crippen LogP contribution < -0.4 is 10.7 Å². The summed E-state index contributed by atoms with van der Waals surface area (Å²) >= 11 is 6.16. The van der Waals surface area contributed by atoms with Gasteiger partial charge in [-0.05, 0) is 68.5 Å². The first kappa shape index (κ1) is 29.0. The molecule has 3 aromatic carbocycles. The van der Waals surface area contributed by atoms with Crippen molar-refractivity contribution in [2.75, 3.05) is 38.5 Å². The SMILES string of the molecule is CCN(CC)CCN(C)Cc1cccc(C(=O)Nc2ccc(Cl)cc2C(=O)N/N=C/c2cccc(C)c2)c1. The summed E-state index contributed by atoms with van der Waals surface area (Å²) in [5.41, 5.74) is 6.60. The van der Waals surface area contributed by atoms with Gasteiger partial charge in [-0.15, -0.1) is 0 Å². The van der Waals surface area contributed by atoms with Gasteiger partial charge >= 0.3 is 0 Å². The lowest BCUT2D eigenvalue weighted by atomic mass is 10.1. The van der Waals surface area contributed by atoms with Crippen LogP contribution in [0.25, 0.3) is 0 Å². The van der Waals surface area contributed by atoms with Gasteiger partial charge in [0.1, 0.15) is 0 Å². The number of nitrogens with one attached hydrogen (secondary N) is 2. The predicted molar refractivity (Wildman–Crippen MR) is 156 cm³/mol. The highest BCUT2D eigenvalue weighted by Crippen LogP contribution is 2.22. The number of halogens is 1. The molecule has 3 aromatic rings. The van der Waals surface area contributed by atoms with Crippen LogP contribution in [0.5, 0.6) is 0 Å². The summed E-state index contributed by atoms with van der Waals surface area (Å²) in [6, 6.07) is 20.0. The van der Waals surface area contributed by atoms with Gasteiger partial charge in [0.05, 0.1) is 17.5 Å². The van der Waals surface area contributed by atoms with Crippen LogP contribution in [0.4, 0.5) is 5.69 Å². The minimum Gasteiger partial charge on any atom is -0.321 e. The van der Waals surface area contributed by atoms with E-state index in [0.29, 0.717) is 16.3 Å². The van der Waals surface area contributed by atoms with E-state index >= 15 is 0 Å². The molecule has 0 aliphatic rings. The third-order valence-electron chi connectivity index (χ3n) is 6.23. The molecule has 2 amide bonds. The van der Waals surface area contributed by atoms with E-state index in [1.807, 2.05) is 49.4 Å². The lowest BCUT2D eigenvalue weighted by Gasteiger charge is -2.23. The van der Waals surface area contributed by atoms with Gasteiger partial charge in [-0.1, -0.05) is 67.4 Å². The van der Waals surface area contributed by atoms with Gasteiger partial charge in [0, 0.05) is 30.2 Å². The standard InChI is InChI=1S/C30H36ClN5O2/c1-5-36(6-2)16-15-35(4)21-24-11-8-12-25(18-24)29(37)33-28-14-13-26(31)19-27(28)30(38)34-32-20-23-10-7-9-22(3)17-23/h7-14,17-20H,5-6,15-16,21H2,1-4H3,(H,33,37)(H,34,38)/b32-20+. The number of benzene rings is 3. The summed E-state index contributed by atoms with van der Waals surface area (Å²) in [7, 11) is 2.08. The summed E-state index contributed by atoms with van der Waals surface area (Å²) in [5.74, 6) is -0.785. The average Bonchev–Trinajstić information content (AvgIpc) is 2.90. The maximum Gasteiger partial charge on any atom is 0.273 e. The van der Waals surface area contributed by atoms with E-state index in [2.05, 4.69) is 46.5 Å². The second kappa shape index (κ2) is 14.4. The van der Waals surface area contributed by atoms with Gasteiger partial charge in [0.2, 0.25) is 0 Å². The monoisotopic (exact) mass is 533 g/mol. The van der Waals surface area contributed by atoms with E-state index in [1.54, 1.807) is 24.4 Å². The van der Waals surface area contributed by atoms with Crippen LogP contribution in [0.3, 0.4) is 0 Å². The van der Waals surface area contributed by atoms with Crippen LogP contribution in [0.2, 0.25) is 5.02 Å². The Morgan fingerprint density at radius 2 is 1.71 bits per heavy atom. The molecule has 0 unspecified atom stereocenters. The van der Waals surface area contributed by atoms with Crippen molar-refractivity contribution >= 4 is 35.3 Å². The first-order chi connectivity index (χ1) is 18.3. The molecule has 0 fully saturated rings. The summed E-state index contributed by atoms with van der Waals surface area (Å²) in [5, 5.41) is 7.29. The summed E-state index contributed by atoms with van der Waals surface area (Å²) in [4.78, 5) is 30.6. The number of hydrogen-bond acceptors (Lipinski definition) is 5. The van der Waals surface area contributed by atoms with Crippen LogP contribution >= 0.6 is 11.6 Å². The molecule has 0 radical (unpaired) electrons. The number of amides is 2. The minimum absolute atomic E-state index is 0.222. The number of carbonyl (C=O) groups excluding carboxylic acids is 2. The number of carbonyl (C=O) groups is 2. The highest BCUT2D eigenvalue weighted by Gasteiger charge is 2.16. The molecule has 0 aliphatic carbocycles. The number of rotatable bonds is 12. The third kappa shape index (κ3) is 8.80. The molecule has 0 aromatic heterocycles. The first-order valence-electron chi connectivity index (χ1n) is 12.8. The molecule has 2 N–H and O–H groups in total. The molecule has 0 bridgehead atoms. The third-order valence-corrected chi connectivity index (χ3v) is 6.47. The summed E-state index contributed by atoms with van der Waals surface area (Å²) < 4.78 is 0. The maximum absolute atomic E-state index is 13.1. The highest BCUT2D eigenvalue weighted by molar-refractivity contribution is 6.31. The van der Waals surface area contributed by atoms with E-state index in [4.69, 9.17) is 11.6 Å². The van der Waals surface area contributed by atoms with Crippen LogP contribution in [-0.4, -0.2) is 61.1 Å². The van der Waals surface area contributed by atoms with Gasteiger partial charge in [-0.25, -0.2) is 5.43 Å². The van der Waals surface area contributed by atoms with E-state index in [9.17, 15) is 9.59 Å². The number of anilines is 1. The van der Waals surface area contributed by atoms with Crippen molar-refractivity contribution in [1.29, 1.82) is 0 Å². The van der Waals surface area contributed by atoms with Crippen molar-refractivity contribution in [2.45, 2.75) is 27.3 Å². The van der Waals surface area contributed by atoms with Crippen LogP contribution in [0.1, 0.15) is 51.3 Å². The van der Waals surface area contributed by atoms with Crippen LogP contribution in [0, 0.1) is 6.92 Å². The first-order valence-corrected chi connectivity index (χ1v) is 13.2. The molecule has 0 heterocycles. The zero-order valence-electron chi connectivity index (χ0n) is 22.5. The van der Waals surface area contributed by atoms with Gasteiger partial charge in [-0.2, -0.15) is 5.10 Å². The second-order valence-electron chi connectivity index (χ2n) is 9.22. The minimum atomic E-state index is -0.477. The van der Waals surface area contributed by atoms with Gasteiger partial charge in [0.15, 0.2) is 0 Å². The molecular formula is C30H36ClN5O2. The van der Waals surface area contributed by atoms with Crippen molar-refractivity contribution in [2.24, 2.45) is 5.10 Å². The fourth-order valence-electron chi connectivity index (χ4n) is 4.04. The number of hydrogen-bond donors (Lipinski definition) is 2. The van der Waals surface area contributed by atoms with Crippen molar-refractivity contribution in [3.05, 3.63) is 99.6 Å². The van der Waals surface area contributed by atoms with Crippen molar-refractivity contribution < 1.29 is 9.59 Å². The number of aryl methyl sites for hydroxylation is 1. The molecule has 0 atom stereocenters. The second-order valence-corrected chi connectivity index (χ2v) is 9.66. The molecule has 0 spiro atoms. The molecule has 8 heteroatoms. The Bertz CT molecular complexity index is 1270. The van der Waals surface area contributed by atoms with E-state index in [-0.39, 0.29) is 11.5 Å². The molecule has 0 saturated carbocycles. The van der Waals surface area contributed by atoms with Crippen molar-refractivity contribution in [1.82, 2.24) is 15.2 Å². The fraction of sp³-hybridized carbons (Fsp3) is 0.300. The Balaban J connectivity index is 1.67. The Morgan fingerprint density at radius 3 is 2.45 bits per heavy atom. The zero-order valence-corrected chi connectivity index (χ0v) is 23.3. The number of likely N-dealkylation sites (N-methyl/N-ethyl adjacent to an activating group) is 2. The lowest BCUT2D eigenvalue weighted by molar-refractivity contribution is 0.0956. The smallest absolute Gasteiger partial charge is 0.273 e. The summed E-state index contributed by atoms with van der Waals surface area (Å²) in [6.07, 6.45) is 1.57. The molecule has 0 saturated heterocycles. The van der Waals surface area contributed by atoms with Gasteiger partial charge < -0.3 is 15.1 Å². The molecule has 0 aliphatic heterocycles. The highest BCUT2D eigenvalue weighted by atomic mass is 35.5. The number of nitrogens with zero attached hydrogens (tertiary/aromatic N) is 3. The van der Waals surface area contributed by atoms with Gasteiger partial charge in [0.25, 0.3) is 11.8 Å².